The molecule has 0 heterocycles. The van der Waals surface area contributed by atoms with Crippen LogP contribution in [0.5, 0.6) is 5.75 Å². The fraction of sp³-hybridized carbons (Fsp3) is 0.750. The molecule has 0 spiro atoms. The first-order valence-corrected chi connectivity index (χ1v) is 15.2. The number of carbonyl (C=O) groups is 1. The second-order valence-corrected chi connectivity index (χ2v) is 11.0. The second-order valence-electron chi connectivity index (χ2n) is 9.65. The van der Waals surface area contributed by atoms with Crippen LogP contribution in [0.25, 0.3) is 0 Å². The van der Waals surface area contributed by atoms with E-state index in [1.807, 2.05) is 0 Å². The maximum atomic E-state index is 11.9. The van der Waals surface area contributed by atoms with Gasteiger partial charge in [-0.15, -0.1) is 0 Å². The average molecular weight is 557 g/mol. The largest absolute Gasteiger partial charge is 1.00 e. The Morgan fingerprint density at radius 2 is 1.24 bits per heavy atom. The summed E-state index contributed by atoms with van der Waals surface area (Å²) in [6.07, 6.45) is 17.5. The van der Waals surface area contributed by atoms with E-state index in [-0.39, 0.29) is 71.3 Å². The van der Waals surface area contributed by atoms with E-state index in [0.29, 0.717) is 12.8 Å². The Kier molecular flexibility index (Phi) is 25.9. The normalized spacial score (nSPS) is 11.9. The summed E-state index contributed by atoms with van der Waals surface area (Å²) in [4.78, 5) is 11.1. The van der Waals surface area contributed by atoms with Crippen molar-refractivity contribution in [2.45, 2.75) is 140 Å². The first kappa shape index (κ1) is 39.5. The summed E-state index contributed by atoms with van der Waals surface area (Å²) in [5, 5.41) is 11.6. The first-order chi connectivity index (χ1) is 16.8. The van der Waals surface area contributed by atoms with Crippen molar-refractivity contribution in [1.29, 1.82) is 0 Å². The smallest absolute Gasteiger partial charge is 0.744 e. The number of hydrogen-bond acceptors (Lipinski definition) is 6. The average Bonchev–Trinajstić information content (AvgIpc) is 2.81. The van der Waals surface area contributed by atoms with Crippen LogP contribution in [-0.2, 0) is 21.3 Å². The van der Waals surface area contributed by atoms with E-state index in [1.54, 1.807) is 6.07 Å². The molecule has 1 rings (SSSR count). The summed E-state index contributed by atoms with van der Waals surface area (Å²) in [5.41, 5.74) is 0.738. The van der Waals surface area contributed by atoms with Crippen LogP contribution in [0.1, 0.15) is 129 Å². The van der Waals surface area contributed by atoms with Gasteiger partial charge in [-0.05, 0) is 43.4 Å². The zero-order chi connectivity index (χ0) is 25.9. The van der Waals surface area contributed by atoms with Gasteiger partial charge in [0.25, 0.3) is 0 Å². The molecule has 1 atom stereocenters. The molecule has 0 saturated carbocycles. The van der Waals surface area contributed by atoms with Gasteiger partial charge in [-0.2, -0.15) is 0 Å². The molecule has 0 aromatic heterocycles. The zero-order valence-electron chi connectivity index (χ0n) is 23.9. The number of carboxylic acid groups (broad SMARTS) is 1. The molecule has 0 aliphatic rings. The van der Waals surface area contributed by atoms with Gasteiger partial charge in [0.2, 0.25) is 0 Å². The second kappa shape index (κ2) is 24.2. The van der Waals surface area contributed by atoms with Crippen LogP contribution in [0.2, 0.25) is 0 Å². The van der Waals surface area contributed by atoms with Gasteiger partial charge in [0, 0.05) is 0 Å². The van der Waals surface area contributed by atoms with Gasteiger partial charge in [0.05, 0.1) is 10.9 Å². The molecule has 0 saturated heterocycles. The van der Waals surface area contributed by atoms with Crippen LogP contribution < -0.4 is 69.0 Å². The van der Waals surface area contributed by atoms with E-state index >= 15 is 0 Å². The van der Waals surface area contributed by atoms with Gasteiger partial charge in [-0.3, -0.25) is 0 Å². The van der Waals surface area contributed by atoms with Crippen LogP contribution in [0.4, 0.5) is 0 Å². The number of unbranched alkanes of at least 4 members (excludes halogenated alkanes) is 14. The molecule has 6 nitrogen and oxygen atoms in total. The molecular formula is C28H46Na2O6S. The van der Waals surface area contributed by atoms with E-state index in [1.165, 1.54) is 69.9 Å². The number of benzene rings is 1. The van der Waals surface area contributed by atoms with Crippen LogP contribution in [-0.4, -0.2) is 25.0 Å². The van der Waals surface area contributed by atoms with Gasteiger partial charge >= 0.3 is 59.1 Å². The third kappa shape index (κ3) is 19.2. The van der Waals surface area contributed by atoms with Crippen molar-refractivity contribution in [3.63, 3.8) is 0 Å². The van der Waals surface area contributed by atoms with Crippen molar-refractivity contribution in [3.8, 4) is 5.75 Å². The van der Waals surface area contributed by atoms with Crippen molar-refractivity contribution < 1.29 is 86.7 Å². The van der Waals surface area contributed by atoms with Crippen molar-refractivity contribution in [2.75, 3.05) is 0 Å². The van der Waals surface area contributed by atoms with Crippen molar-refractivity contribution in [1.82, 2.24) is 0 Å². The summed E-state index contributed by atoms with van der Waals surface area (Å²) in [5.74, 6) is -1.60. The number of carboxylic acids is 1. The molecule has 1 unspecified atom stereocenters. The van der Waals surface area contributed by atoms with E-state index < -0.39 is 27.1 Å². The minimum Gasteiger partial charge on any atom is -0.744 e. The Balaban J connectivity index is 0. The molecule has 202 valence electrons. The standard InChI is InChI=1S/C28H48O6S.2Na/c1-3-5-7-9-11-12-13-14-16-18-20-26(28(29)30)34-25-22-21-24(23-27(25)35(31,32)33)19-17-15-10-8-6-4-2;;/h21-23,26H,3-20H2,1-2H3,(H,29,30)(H,31,32,33);;/q;2*+1/p-2. The molecule has 9 heteroatoms. The monoisotopic (exact) mass is 556 g/mol. The van der Waals surface area contributed by atoms with Crippen LogP contribution in [0.15, 0.2) is 23.1 Å². The molecular weight excluding hydrogens is 510 g/mol. The minimum atomic E-state index is -4.80. The fourth-order valence-electron chi connectivity index (χ4n) is 4.31. The molecule has 0 aliphatic heterocycles. The maximum Gasteiger partial charge on any atom is 1.00 e. The van der Waals surface area contributed by atoms with Crippen LogP contribution in [0, 0.1) is 0 Å². The Morgan fingerprint density at radius 1 is 0.784 bits per heavy atom. The molecule has 1 aromatic rings. The summed E-state index contributed by atoms with van der Waals surface area (Å²) in [6.45, 7) is 4.37. The van der Waals surface area contributed by atoms with Gasteiger partial charge in [-0.1, -0.05) is 110 Å². The van der Waals surface area contributed by atoms with E-state index in [9.17, 15) is 22.9 Å². The quantitative estimate of drug-likeness (QED) is 0.116. The van der Waals surface area contributed by atoms with Crippen molar-refractivity contribution in [2.24, 2.45) is 0 Å². The van der Waals surface area contributed by atoms with Crippen molar-refractivity contribution in [3.05, 3.63) is 23.8 Å². The maximum absolute atomic E-state index is 11.9. The molecule has 1 aromatic carbocycles. The zero-order valence-corrected chi connectivity index (χ0v) is 28.7. The molecule has 0 N–H and O–H groups in total. The molecule has 37 heavy (non-hydrogen) atoms. The third-order valence-corrected chi connectivity index (χ3v) is 7.31. The van der Waals surface area contributed by atoms with Gasteiger partial charge in [0.15, 0.2) is 0 Å². The first-order valence-electron chi connectivity index (χ1n) is 13.8. The SMILES string of the molecule is CCCCCCCCCCCCC(Oc1ccc(CCCCCCCC)cc1S(=O)(=O)[O-])C(=O)[O-].[Na+].[Na+]. The molecule has 0 aliphatic carbocycles. The van der Waals surface area contributed by atoms with E-state index in [4.69, 9.17) is 4.74 Å². The predicted molar refractivity (Wildman–Crippen MR) is 137 cm³/mol. The summed E-state index contributed by atoms with van der Waals surface area (Å²) >= 11 is 0. The number of carbonyl (C=O) groups excluding carboxylic acids is 1. The minimum absolute atomic E-state index is 0. The fourth-order valence-corrected chi connectivity index (χ4v) is 4.96. The topological polar surface area (TPSA) is 107 Å². The summed E-state index contributed by atoms with van der Waals surface area (Å²) < 4.78 is 41.1. The Bertz CT molecular complexity index is 817. The summed E-state index contributed by atoms with van der Waals surface area (Å²) in [6, 6.07) is 4.45. The van der Waals surface area contributed by atoms with Gasteiger partial charge in [0.1, 0.15) is 22.0 Å². The van der Waals surface area contributed by atoms with Gasteiger partial charge < -0.3 is 19.2 Å². The Morgan fingerprint density at radius 3 is 1.70 bits per heavy atom. The van der Waals surface area contributed by atoms with E-state index in [2.05, 4.69) is 13.8 Å². The number of ether oxygens (including phenoxy) is 1. The molecule has 0 bridgehead atoms. The molecule has 0 radical (unpaired) electrons. The molecule has 0 fully saturated rings. The number of rotatable bonds is 22. The van der Waals surface area contributed by atoms with Crippen LogP contribution >= 0.6 is 0 Å². The van der Waals surface area contributed by atoms with Crippen LogP contribution in [0.3, 0.4) is 0 Å². The Hall–Kier alpha value is 0.400. The number of aryl methyl sites for hydroxylation is 1. The van der Waals surface area contributed by atoms with Gasteiger partial charge in [-0.25, -0.2) is 8.42 Å². The van der Waals surface area contributed by atoms with Crippen molar-refractivity contribution >= 4 is 16.1 Å². The van der Waals surface area contributed by atoms with E-state index in [0.717, 1.165) is 44.1 Å². The third-order valence-electron chi connectivity index (χ3n) is 6.45. The number of hydrogen-bond donors (Lipinski definition) is 0. The number of aliphatic carboxylic acids is 1. The Labute approximate surface area is 270 Å². The summed E-state index contributed by atoms with van der Waals surface area (Å²) in [7, 11) is -4.80. The predicted octanol–water partition coefficient (Wildman–Crippen LogP) is 0.310. The molecule has 0 amide bonds.